The summed E-state index contributed by atoms with van der Waals surface area (Å²) < 4.78 is 18.6. The van der Waals surface area contributed by atoms with Crippen LogP contribution in [0.2, 0.25) is 0 Å². The molecule has 0 radical (unpaired) electrons. The Labute approximate surface area is 291 Å². The summed E-state index contributed by atoms with van der Waals surface area (Å²) >= 11 is 0. The van der Waals surface area contributed by atoms with E-state index in [-0.39, 0.29) is 35.2 Å². The fourth-order valence-electron chi connectivity index (χ4n) is 6.13. The molecule has 0 aliphatic heterocycles. The van der Waals surface area contributed by atoms with Crippen molar-refractivity contribution in [1.29, 1.82) is 0 Å². The Bertz CT molecular complexity index is 1180. The van der Waals surface area contributed by atoms with Gasteiger partial charge < -0.3 is 31.0 Å². The molecule has 5 N–H and O–H groups in total. The summed E-state index contributed by atoms with van der Waals surface area (Å²) in [6.45, 7) is 17.6. The molecule has 2 rings (SSSR count). The third-order valence-corrected chi connectivity index (χ3v) is 9.42. The zero-order valence-electron chi connectivity index (χ0n) is 31.6. The standard InChI is InChI=1S/C38H68N6O4/c1-10-11-12-13-15-31-24-44(43-42-31)26-38(6,7)25-41-37(45)32(28(4)5)23-34(40)33(39)22-30(27(2)3)20-29-16-17-35(47-9)36(21-29)48-19-14-18-46-8/h16-17,21,24,27-28,30,32-34H,10-15,18-20,22-23,25-26,39-40H2,1-9H3,(H,41,45)/t30-,32-,33-,34-/m0/s1. The monoisotopic (exact) mass is 673 g/mol. The Morgan fingerprint density at radius 2 is 1.69 bits per heavy atom. The minimum absolute atomic E-state index is 0.0348. The van der Waals surface area contributed by atoms with Crippen LogP contribution >= 0.6 is 0 Å². The molecule has 2 aromatic rings. The van der Waals surface area contributed by atoms with Crippen molar-refractivity contribution in [3.63, 3.8) is 0 Å². The lowest BCUT2D eigenvalue weighted by Crippen LogP contribution is -2.48. The number of nitrogens with two attached hydrogens (primary N) is 2. The molecule has 4 atom stereocenters. The molecule has 0 aliphatic rings. The number of methoxy groups -OCH3 is 2. The number of nitrogens with zero attached hydrogens (tertiary/aromatic N) is 3. The first-order chi connectivity index (χ1) is 22.8. The minimum Gasteiger partial charge on any atom is -0.493 e. The number of benzene rings is 1. The third-order valence-electron chi connectivity index (χ3n) is 9.42. The topological polar surface area (TPSA) is 140 Å². The van der Waals surface area contributed by atoms with Crippen LogP contribution in [0.25, 0.3) is 0 Å². The first kappa shape index (κ1) is 41.5. The van der Waals surface area contributed by atoms with Crippen LogP contribution in [0.3, 0.4) is 0 Å². The number of unbranched alkanes of at least 4 members (excludes halogenated alkanes) is 3. The van der Waals surface area contributed by atoms with Crippen LogP contribution in [0.4, 0.5) is 0 Å². The van der Waals surface area contributed by atoms with Crippen molar-refractivity contribution in [2.45, 2.75) is 125 Å². The highest BCUT2D eigenvalue weighted by atomic mass is 16.5. The molecule has 274 valence electrons. The van der Waals surface area contributed by atoms with Crippen molar-refractivity contribution in [1.82, 2.24) is 20.3 Å². The number of rotatable bonds is 25. The Balaban J connectivity index is 1.95. The number of aryl methyl sites for hydroxylation is 1. The predicted octanol–water partition coefficient (Wildman–Crippen LogP) is 6.19. The average Bonchev–Trinajstić information content (AvgIpc) is 3.48. The molecule has 0 spiro atoms. The van der Waals surface area contributed by atoms with E-state index in [1.165, 1.54) is 24.8 Å². The van der Waals surface area contributed by atoms with Gasteiger partial charge in [-0.2, -0.15) is 0 Å². The number of aromatic nitrogens is 3. The van der Waals surface area contributed by atoms with Crippen LogP contribution in [0.15, 0.2) is 24.4 Å². The second-order valence-electron chi connectivity index (χ2n) is 15.1. The maximum absolute atomic E-state index is 13.5. The number of nitrogens with one attached hydrogen (secondary N) is 1. The second-order valence-corrected chi connectivity index (χ2v) is 15.1. The van der Waals surface area contributed by atoms with Crippen molar-refractivity contribution < 1.29 is 19.0 Å². The van der Waals surface area contributed by atoms with Gasteiger partial charge in [0, 0.05) is 62.8 Å². The van der Waals surface area contributed by atoms with E-state index in [0.717, 1.165) is 49.3 Å². The quantitative estimate of drug-likeness (QED) is 0.106. The summed E-state index contributed by atoms with van der Waals surface area (Å²) in [4.78, 5) is 13.5. The van der Waals surface area contributed by atoms with E-state index >= 15 is 0 Å². The summed E-state index contributed by atoms with van der Waals surface area (Å²) in [6, 6.07) is 5.62. The minimum atomic E-state index is -0.293. The van der Waals surface area contributed by atoms with E-state index in [1.807, 2.05) is 16.9 Å². The van der Waals surface area contributed by atoms with Crippen molar-refractivity contribution in [3.05, 3.63) is 35.7 Å². The lowest BCUT2D eigenvalue weighted by Gasteiger charge is -2.31. The maximum Gasteiger partial charge on any atom is 0.223 e. The van der Waals surface area contributed by atoms with Crippen LogP contribution < -0.4 is 26.3 Å². The molecule has 1 amide bonds. The maximum atomic E-state index is 13.5. The predicted molar refractivity (Wildman–Crippen MR) is 195 cm³/mol. The first-order valence-corrected chi connectivity index (χ1v) is 18.3. The number of ether oxygens (including phenoxy) is 3. The number of amides is 1. The van der Waals surface area contributed by atoms with Crippen LogP contribution in [-0.4, -0.2) is 67.0 Å². The number of carbonyl (C=O) groups is 1. The number of hydrogen-bond acceptors (Lipinski definition) is 8. The Hall–Kier alpha value is -2.69. The fraction of sp³-hybridized carbons (Fsp3) is 0.763. The molecule has 0 bridgehead atoms. The molecule has 10 heteroatoms. The van der Waals surface area contributed by atoms with Gasteiger partial charge in [-0.05, 0) is 67.6 Å². The molecule has 10 nitrogen and oxygen atoms in total. The molecule has 1 aromatic carbocycles. The Morgan fingerprint density at radius 3 is 2.33 bits per heavy atom. The summed E-state index contributed by atoms with van der Waals surface area (Å²) in [7, 11) is 3.35. The highest BCUT2D eigenvalue weighted by molar-refractivity contribution is 5.79. The SMILES string of the molecule is CCCCCCc1cn(CC(C)(C)CNC(=O)[C@@H](C[C@H](N)[C@@H](N)C[C@H](Cc2ccc(OC)c(OCCCOC)c2)C(C)C)C(C)C)nn1. The van der Waals surface area contributed by atoms with Gasteiger partial charge >= 0.3 is 0 Å². The second kappa shape index (κ2) is 21.4. The van der Waals surface area contributed by atoms with Gasteiger partial charge in [0.1, 0.15) is 0 Å². The molecule has 0 fully saturated rings. The third kappa shape index (κ3) is 14.8. The van der Waals surface area contributed by atoms with Gasteiger partial charge in [0.05, 0.1) is 19.4 Å². The van der Waals surface area contributed by atoms with Gasteiger partial charge in [0.15, 0.2) is 11.5 Å². The van der Waals surface area contributed by atoms with Crippen molar-refractivity contribution >= 4 is 5.91 Å². The molecule has 0 saturated carbocycles. The lowest BCUT2D eigenvalue weighted by atomic mass is 9.80. The molecular formula is C38H68N6O4. The molecule has 0 aliphatic carbocycles. The largest absolute Gasteiger partial charge is 0.493 e. The zero-order valence-corrected chi connectivity index (χ0v) is 31.6. The van der Waals surface area contributed by atoms with E-state index in [0.29, 0.717) is 44.6 Å². The summed E-state index contributed by atoms with van der Waals surface area (Å²) in [5, 5.41) is 11.9. The summed E-state index contributed by atoms with van der Waals surface area (Å²) in [5.41, 5.74) is 15.5. The summed E-state index contributed by atoms with van der Waals surface area (Å²) in [5.74, 6) is 2.14. The van der Waals surface area contributed by atoms with Crippen LogP contribution in [-0.2, 0) is 28.9 Å². The van der Waals surface area contributed by atoms with E-state index < -0.39 is 0 Å². The normalized spacial score (nSPS) is 14.6. The first-order valence-electron chi connectivity index (χ1n) is 18.3. The molecule has 0 unspecified atom stereocenters. The molecule has 1 aromatic heterocycles. The number of carbonyl (C=O) groups excluding carboxylic acids is 1. The van der Waals surface area contributed by atoms with Gasteiger partial charge in [-0.3, -0.25) is 9.48 Å². The Morgan fingerprint density at radius 1 is 0.958 bits per heavy atom. The van der Waals surface area contributed by atoms with Gasteiger partial charge in [0.25, 0.3) is 0 Å². The van der Waals surface area contributed by atoms with Gasteiger partial charge in [0.2, 0.25) is 5.91 Å². The van der Waals surface area contributed by atoms with Crippen molar-refractivity contribution in [2.24, 2.45) is 40.6 Å². The molecule has 1 heterocycles. The number of hydrogen-bond donors (Lipinski definition) is 3. The van der Waals surface area contributed by atoms with Gasteiger partial charge in [-0.25, -0.2) is 0 Å². The molecular weight excluding hydrogens is 604 g/mol. The van der Waals surface area contributed by atoms with Crippen LogP contribution in [0, 0.1) is 29.1 Å². The van der Waals surface area contributed by atoms with Gasteiger partial charge in [-0.1, -0.05) is 79.0 Å². The highest BCUT2D eigenvalue weighted by Crippen LogP contribution is 2.32. The van der Waals surface area contributed by atoms with Crippen molar-refractivity contribution in [2.75, 3.05) is 34.0 Å². The van der Waals surface area contributed by atoms with E-state index in [9.17, 15) is 4.79 Å². The van der Waals surface area contributed by atoms with Crippen molar-refractivity contribution in [3.8, 4) is 11.5 Å². The average molecular weight is 673 g/mol. The van der Waals surface area contributed by atoms with Gasteiger partial charge in [-0.15, -0.1) is 5.10 Å². The summed E-state index contributed by atoms with van der Waals surface area (Å²) in [6.07, 6.45) is 10.8. The van der Waals surface area contributed by atoms with E-state index in [4.69, 9.17) is 25.7 Å². The van der Waals surface area contributed by atoms with Crippen LogP contribution in [0.5, 0.6) is 11.5 Å². The van der Waals surface area contributed by atoms with E-state index in [1.54, 1.807) is 14.2 Å². The zero-order chi connectivity index (χ0) is 35.7. The molecule has 48 heavy (non-hydrogen) atoms. The highest BCUT2D eigenvalue weighted by Gasteiger charge is 2.30. The van der Waals surface area contributed by atoms with Crippen LogP contribution in [0.1, 0.15) is 105 Å². The van der Waals surface area contributed by atoms with E-state index in [2.05, 4.69) is 76.2 Å². The Kier molecular flexibility index (Phi) is 18.5. The lowest BCUT2D eigenvalue weighted by molar-refractivity contribution is -0.127. The smallest absolute Gasteiger partial charge is 0.223 e. The fourth-order valence-corrected chi connectivity index (χ4v) is 6.13. The molecule has 0 saturated heterocycles.